The molecule has 0 radical (unpaired) electrons. The number of methoxy groups -OCH3 is 1. The first kappa shape index (κ1) is 13.5. The zero-order valence-corrected chi connectivity index (χ0v) is 10.3. The van der Waals surface area contributed by atoms with E-state index in [1.54, 1.807) is 6.07 Å². The van der Waals surface area contributed by atoms with Gasteiger partial charge in [0.25, 0.3) is 6.43 Å². The lowest BCUT2D eigenvalue weighted by molar-refractivity contribution is 0.0588. The van der Waals surface area contributed by atoms with Crippen molar-refractivity contribution in [2.24, 2.45) is 0 Å². The van der Waals surface area contributed by atoms with Crippen LogP contribution in [0.5, 0.6) is 0 Å². The number of hydrogen-bond acceptors (Lipinski definition) is 4. The number of alkyl halides is 3. The number of halogens is 3. The van der Waals surface area contributed by atoms with Crippen LogP contribution in [0.3, 0.4) is 0 Å². The number of esters is 1. The fourth-order valence-electron chi connectivity index (χ4n) is 1.26. The van der Waals surface area contributed by atoms with Gasteiger partial charge in [-0.05, 0) is 6.07 Å². The van der Waals surface area contributed by atoms with Gasteiger partial charge in [-0.1, -0.05) is 15.9 Å². The summed E-state index contributed by atoms with van der Waals surface area (Å²) in [5.41, 5.74) is -1.12. The van der Waals surface area contributed by atoms with Crippen molar-refractivity contribution in [3.05, 3.63) is 28.6 Å². The van der Waals surface area contributed by atoms with E-state index in [2.05, 4.69) is 25.7 Å². The van der Waals surface area contributed by atoms with Crippen molar-refractivity contribution in [3.63, 3.8) is 0 Å². The Bertz CT molecular complexity index is 486. The summed E-state index contributed by atoms with van der Waals surface area (Å²) < 4.78 is 30.0. The van der Waals surface area contributed by atoms with Crippen LogP contribution in [0.25, 0.3) is 0 Å². The quantitative estimate of drug-likeness (QED) is 0.636. The van der Waals surface area contributed by atoms with Gasteiger partial charge in [-0.25, -0.2) is 18.6 Å². The van der Waals surface area contributed by atoms with E-state index in [1.807, 2.05) is 0 Å². The van der Waals surface area contributed by atoms with Crippen molar-refractivity contribution >= 4 is 21.9 Å². The first-order valence-corrected chi connectivity index (χ1v) is 5.53. The standard InChI is InChI=1S/C10H7BrF2N2O2/c1-17-10(16)8-6(9(12)13)2-5(3-11)15-7(8)4-14/h2,9H,3H2,1H3. The molecular formula is C10H7BrF2N2O2. The average Bonchev–Trinajstić information content (AvgIpc) is 2.35. The largest absolute Gasteiger partial charge is 0.465 e. The highest BCUT2D eigenvalue weighted by molar-refractivity contribution is 9.08. The van der Waals surface area contributed by atoms with Crippen molar-refractivity contribution < 1.29 is 18.3 Å². The second-order valence-corrected chi connectivity index (χ2v) is 3.52. The maximum atomic E-state index is 12.8. The highest BCUT2D eigenvalue weighted by Crippen LogP contribution is 2.26. The Hall–Kier alpha value is -1.55. The lowest BCUT2D eigenvalue weighted by Crippen LogP contribution is -2.12. The van der Waals surface area contributed by atoms with Crippen LogP contribution >= 0.6 is 15.9 Å². The summed E-state index contributed by atoms with van der Waals surface area (Å²) in [5, 5.41) is 9.02. The second-order valence-electron chi connectivity index (χ2n) is 2.96. The minimum atomic E-state index is -2.88. The van der Waals surface area contributed by atoms with Crippen molar-refractivity contribution in [1.82, 2.24) is 4.98 Å². The first-order chi connectivity index (χ1) is 8.04. The Morgan fingerprint density at radius 2 is 2.35 bits per heavy atom. The molecule has 0 N–H and O–H groups in total. The summed E-state index contributed by atoms with van der Waals surface area (Å²) in [6.45, 7) is 0. The van der Waals surface area contributed by atoms with E-state index in [0.29, 0.717) is 0 Å². The molecule has 0 aromatic carbocycles. The summed E-state index contributed by atoms with van der Waals surface area (Å²) in [6, 6.07) is 2.69. The maximum absolute atomic E-state index is 12.8. The van der Waals surface area contributed by atoms with Crippen LogP contribution in [-0.4, -0.2) is 18.1 Å². The molecule has 0 fully saturated rings. The number of carbonyl (C=O) groups is 1. The van der Waals surface area contributed by atoms with Gasteiger partial charge in [-0.3, -0.25) is 0 Å². The molecule has 17 heavy (non-hydrogen) atoms. The Labute approximate surface area is 104 Å². The van der Waals surface area contributed by atoms with Gasteiger partial charge in [-0.15, -0.1) is 0 Å². The third-order valence-corrected chi connectivity index (χ3v) is 2.54. The fraction of sp³-hybridized carbons (Fsp3) is 0.300. The van der Waals surface area contributed by atoms with Crippen LogP contribution in [0.4, 0.5) is 8.78 Å². The molecule has 0 spiro atoms. The fourth-order valence-corrected chi connectivity index (χ4v) is 1.55. The third-order valence-electron chi connectivity index (χ3n) is 1.97. The molecular weight excluding hydrogens is 298 g/mol. The third kappa shape index (κ3) is 2.77. The Balaban J connectivity index is 3.53. The van der Waals surface area contributed by atoms with Gasteiger partial charge in [0.1, 0.15) is 11.6 Å². The van der Waals surface area contributed by atoms with E-state index in [0.717, 1.165) is 13.2 Å². The lowest BCUT2D eigenvalue weighted by Gasteiger charge is -2.09. The smallest absolute Gasteiger partial charge is 0.341 e. The number of pyridine rings is 1. The Kier molecular flexibility index (Phi) is 4.52. The zero-order chi connectivity index (χ0) is 13.0. The summed E-state index contributed by atoms with van der Waals surface area (Å²) >= 11 is 3.05. The first-order valence-electron chi connectivity index (χ1n) is 4.41. The Morgan fingerprint density at radius 3 is 2.76 bits per heavy atom. The van der Waals surface area contributed by atoms with Crippen LogP contribution in [0.2, 0.25) is 0 Å². The van der Waals surface area contributed by atoms with Crippen molar-refractivity contribution in [2.45, 2.75) is 11.8 Å². The van der Waals surface area contributed by atoms with Gasteiger partial charge < -0.3 is 4.74 Å². The van der Waals surface area contributed by atoms with Gasteiger partial charge in [0, 0.05) is 10.9 Å². The molecule has 1 aromatic rings. The minimum Gasteiger partial charge on any atom is -0.465 e. The number of rotatable bonds is 3. The molecule has 0 unspecified atom stereocenters. The van der Waals surface area contributed by atoms with Crippen LogP contribution in [0, 0.1) is 11.3 Å². The Morgan fingerprint density at radius 1 is 1.71 bits per heavy atom. The molecule has 7 heteroatoms. The molecule has 0 aliphatic rings. The molecule has 0 bridgehead atoms. The highest BCUT2D eigenvalue weighted by atomic mass is 79.9. The molecule has 1 rings (SSSR count). The molecule has 0 saturated carbocycles. The number of ether oxygens (including phenoxy) is 1. The van der Waals surface area contributed by atoms with Gasteiger partial charge in [0.05, 0.1) is 12.8 Å². The van der Waals surface area contributed by atoms with Gasteiger partial charge in [0.2, 0.25) is 0 Å². The number of hydrogen-bond donors (Lipinski definition) is 0. The topological polar surface area (TPSA) is 63.0 Å². The van der Waals surface area contributed by atoms with Crippen molar-refractivity contribution in [1.29, 1.82) is 5.26 Å². The van der Waals surface area contributed by atoms with E-state index in [9.17, 15) is 13.6 Å². The molecule has 90 valence electrons. The average molecular weight is 305 g/mol. The van der Waals surface area contributed by atoms with Crippen molar-refractivity contribution in [3.8, 4) is 6.07 Å². The molecule has 0 aliphatic carbocycles. The molecule has 1 heterocycles. The predicted molar refractivity (Wildman–Crippen MR) is 57.9 cm³/mol. The predicted octanol–water partition coefficient (Wildman–Crippen LogP) is 2.57. The zero-order valence-electron chi connectivity index (χ0n) is 8.71. The normalized spacial score (nSPS) is 10.1. The molecule has 4 nitrogen and oxygen atoms in total. The maximum Gasteiger partial charge on any atom is 0.341 e. The monoisotopic (exact) mass is 304 g/mol. The number of aromatic nitrogens is 1. The second kappa shape index (κ2) is 5.68. The molecule has 0 atom stereocenters. The SMILES string of the molecule is COC(=O)c1c(C(F)F)cc(CBr)nc1C#N. The summed E-state index contributed by atoms with van der Waals surface area (Å²) in [6.07, 6.45) is -2.88. The van der Waals surface area contributed by atoms with Gasteiger partial charge >= 0.3 is 5.97 Å². The summed E-state index contributed by atoms with van der Waals surface area (Å²) in [5.74, 6) is -0.995. The number of nitriles is 1. The van der Waals surface area contributed by atoms with Crippen molar-refractivity contribution in [2.75, 3.05) is 7.11 Å². The van der Waals surface area contributed by atoms with Gasteiger partial charge in [0.15, 0.2) is 5.69 Å². The van der Waals surface area contributed by atoms with E-state index in [-0.39, 0.29) is 16.7 Å². The minimum absolute atomic E-state index is 0.211. The molecule has 0 amide bonds. The molecule has 0 aliphatic heterocycles. The van der Waals surface area contributed by atoms with Crippen LogP contribution in [-0.2, 0) is 10.1 Å². The summed E-state index contributed by atoms with van der Waals surface area (Å²) in [4.78, 5) is 15.1. The van der Waals surface area contributed by atoms with Crippen LogP contribution in [0.15, 0.2) is 6.07 Å². The van der Waals surface area contributed by atoms with Gasteiger partial charge in [-0.2, -0.15) is 5.26 Å². The van der Waals surface area contributed by atoms with Crippen LogP contribution in [0.1, 0.15) is 33.7 Å². The lowest BCUT2D eigenvalue weighted by atomic mass is 10.1. The van der Waals surface area contributed by atoms with E-state index < -0.39 is 23.5 Å². The summed E-state index contributed by atoms with van der Waals surface area (Å²) in [7, 11) is 1.05. The van der Waals surface area contributed by atoms with E-state index in [4.69, 9.17) is 5.26 Å². The number of carbonyl (C=O) groups excluding carboxylic acids is 1. The van der Waals surface area contributed by atoms with E-state index in [1.165, 1.54) is 0 Å². The number of nitrogens with zero attached hydrogens (tertiary/aromatic N) is 2. The van der Waals surface area contributed by atoms with E-state index >= 15 is 0 Å². The molecule has 1 aromatic heterocycles. The molecule has 0 saturated heterocycles. The highest BCUT2D eigenvalue weighted by Gasteiger charge is 2.25. The van der Waals surface area contributed by atoms with Crippen LogP contribution < -0.4 is 0 Å².